The van der Waals surface area contributed by atoms with Crippen molar-refractivity contribution < 1.29 is 27.2 Å². The van der Waals surface area contributed by atoms with Crippen LogP contribution in [0.2, 0.25) is 0 Å². The molecule has 0 fully saturated rings. The lowest BCUT2D eigenvalue weighted by Gasteiger charge is -2.08. The number of allylic oxidation sites excluding steroid dienone is 1. The summed E-state index contributed by atoms with van der Waals surface area (Å²) in [5.41, 5.74) is 0.334. The number of aromatic amines is 1. The highest BCUT2D eigenvalue weighted by Crippen LogP contribution is 2.24. The molecule has 5 nitrogen and oxygen atoms in total. The number of hydrogen-bond acceptors (Lipinski definition) is 3. The lowest BCUT2D eigenvalue weighted by Crippen LogP contribution is -2.29. The quantitative estimate of drug-likeness (QED) is 0.290. The molecule has 1 heterocycles. The van der Waals surface area contributed by atoms with E-state index < -0.39 is 23.7 Å². The number of ketones is 1. The first kappa shape index (κ1) is 19.8. The summed E-state index contributed by atoms with van der Waals surface area (Å²) in [6, 6.07) is 10.8. The molecule has 0 bridgehead atoms. The standard InChI is InChI=1S/C20H11F4N3O2/c21-13-4-5-15-16(10-26-17(15)8-13)18(28)12(9-25)6-11-2-1-3-14(7-11)27-19(29)20(22,23)24/h1-8,10,26H,(H,27,29). The average molecular weight is 401 g/mol. The van der Waals surface area contributed by atoms with E-state index >= 15 is 0 Å². The molecule has 1 aromatic heterocycles. The SMILES string of the molecule is N#CC(=Cc1cccc(NC(=O)C(F)(F)F)c1)C(=O)c1c[nH]c2cc(F)ccc12. The van der Waals surface area contributed by atoms with E-state index in [1.807, 2.05) is 0 Å². The summed E-state index contributed by atoms with van der Waals surface area (Å²) in [6.07, 6.45) is -2.51. The summed E-state index contributed by atoms with van der Waals surface area (Å²) in [7, 11) is 0. The molecule has 146 valence electrons. The highest BCUT2D eigenvalue weighted by molar-refractivity contribution is 6.19. The molecule has 0 atom stereocenters. The monoisotopic (exact) mass is 401 g/mol. The van der Waals surface area contributed by atoms with Gasteiger partial charge in [-0.1, -0.05) is 12.1 Å². The van der Waals surface area contributed by atoms with Crippen LogP contribution in [-0.4, -0.2) is 22.9 Å². The second kappa shape index (κ2) is 7.59. The minimum Gasteiger partial charge on any atom is -0.360 e. The largest absolute Gasteiger partial charge is 0.471 e. The van der Waals surface area contributed by atoms with E-state index in [0.29, 0.717) is 10.9 Å². The molecule has 0 radical (unpaired) electrons. The number of aromatic nitrogens is 1. The number of halogens is 4. The zero-order valence-corrected chi connectivity index (χ0v) is 14.5. The van der Waals surface area contributed by atoms with Crippen LogP contribution >= 0.6 is 0 Å². The second-order valence-electron chi connectivity index (χ2n) is 5.97. The third-order valence-corrected chi connectivity index (χ3v) is 3.97. The topological polar surface area (TPSA) is 85.8 Å². The Balaban J connectivity index is 1.91. The Morgan fingerprint density at radius 2 is 1.90 bits per heavy atom. The van der Waals surface area contributed by atoms with Crippen LogP contribution in [0.3, 0.4) is 0 Å². The minimum atomic E-state index is -5.05. The Morgan fingerprint density at radius 3 is 2.59 bits per heavy atom. The van der Waals surface area contributed by atoms with Gasteiger partial charge in [0, 0.05) is 28.4 Å². The maximum atomic E-state index is 13.3. The lowest BCUT2D eigenvalue weighted by atomic mass is 10.0. The molecule has 0 unspecified atom stereocenters. The number of nitrogens with one attached hydrogen (secondary N) is 2. The van der Waals surface area contributed by atoms with Crippen molar-refractivity contribution in [2.45, 2.75) is 6.18 Å². The van der Waals surface area contributed by atoms with Crippen LogP contribution < -0.4 is 5.32 Å². The molecule has 0 aliphatic heterocycles. The van der Waals surface area contributed by atoms with E-state index in [2.05, 4.69) is 4.98 Å². The second-order valence-corrected chi connectivity index (χ2v) is 5.97. The maximum absolute atomic E-state index is 13.3. The zero-order chi connectivity index (χ0) is 21.2. The number of carbonyl (C=O) groups is 2. The number of fused-ring (bicyclic) bond motifs is 1. The summed E-state index contributed by atoms with van der Waals surface area (Å²) in [6.45, 7) is 0. The van der Waals surface area contributed by atoms with Crippen LogP contribution in [0.4, 0.5) is 23.2 Å². The molecule has 0 spiro atoms. The molecule has 0 aliphatic rings. The smallest absolute Gasteiger partial charge is 0.360 e. The summed E-state index contributed by atoms with van der Waals surface area (Å²) < 4.78 is 50.4. The molecule has 2 N–H and O–H groups in total. The van der Waals surface area contributed by atoms with Gasteiger partial charge in [0.1, 0.15) is 17.5 Å². The van der Waals surface area contributed by atoms with Crippen LogP contribution in [-0.2, 0) is 4.79 Å². The number of carbonyl (C=O) groups excluding carboxylic acids is 2. The molecule has 1 amide bonds. The van der Waals surface area contributed by atoms with Crippen molar-refractivity contribution in [2.75, 3.05) is 5.32 Å². The average Bonchev–Trinajstić information content (AvgIpc) is 3.08. The van der Waals surface area contributed by atoms with Gasteiger partial charge < -0.3 is 10.3 Å². The molecule has 0 saturated heterocycles. The maximum Gasteiger partial charge on any atom is 0.471 e. The van der Waals surface area contributed by atoms with E-state index in [-0.39, 0.29) is 22.4 Å². The number of hydrogen-bond donors (Lipinski definition) is 2. The summed E-state index contributed by atoms with van der Waals surface area (Å²) >= 11 is 0. The Labute approximate surface area is 161 Å². The van der Waals surface area contributed by atoms with Gasteiger partial charge in [-0.3, -0.25) is 9.59 Å². The first-order chi connectivity index (χ1) is 13.7. The summed E-state index contributed by atoms with van der Waals surface area (Å²) in [5, 5.41) is 11.5. The van der Waals surface area contributed by atoms with Crippen molar-refractivity contribution in [3.05, 3.63) is 71.2 Å². The molecule has 9 heteroatoms. The van der Waals surface area contributed by atoms with Gasteiger partial charge in [-0.25, -0.2) is 4.39 Å². The normalized spacial score (nSPS) is 11.9. The van der Waals surface area contributed by atoms with E-state index in [4.69, 9.17) is 0 Å². The highest BCUT2D eigenvalue weighted by Gasteiger charge is 2.38. The van der Waals surface area contributed by atoms with Crippen LogP contribution in [0.25, 0.3) is 17.0 Å². The minimum absolute atomic E-state index is 0.145. The fourth-order valence-corrected chi connectivity index (χ4v) is 2.65. The van der Waals surface area contributed by atoms with Crippen LogP contribution in [0.15, 0.2) is 54.2 Å². The van der Waals surface area contributed by atoms with Crippen LogP contribution in [0.5, 0.6) is 0 Å². The third kappa shape index (κ3) is 4.32. The summed E-state index contributed by atoms with van der Waals surface area (Å²) in [4.78, 5) is 26.5. The van der Waals surface area contributed by atoms with E-state index in [1.165, 1.54) is 54.7 Å². The predicted octanol–water partition coefficient (Wildman–Crippen LogP) is 4.60. The molecule has 0 aliphatic carbocycles. The number of nitriles is 1. The highest BCUT2D eigenvalue weighted by atomic mass is 19.4. The van der Waals surface area contributed by atoms with E-state index in [1.54, 1.807) is 11.4 Å². The van der Waals surface area contributed by atoms with Crippen molar-refractivity contribution in [3.63, 3.8) is 0 Å². The van der Waals surface area contributed by atoms with Gasteiger partial charge in [0.25, 0.3) is 0 Å². The van der Waals surface area contributed by atoms with Crippen molar-refractivity contribution in [2.24, 2.45) is 0 Å². The van der Waals surface area contributed by atoms with Crippen molar-refractivity contribution in [1.82, 2.24) is 4.98 Å². The number of anilines is 1. The molecule has 2 aromatic carbocycles. The number of benzene rings is 2. The molecule has 0 saturated carbocycles. The summed E-state index contributed by atoms with van der Waals surface area (Å²) in [5.74, 6) is -3.27. The van der Waals surface area contributed by atoms with Crippen LogP contribution in [0, 0.1) is 17.1 Å². The lowest BCUT2D eigenvalue weighted by molar-refractivity contribution is -0.167. The first-order valence-electron chi connectivity index (χ1n) is 8.10. The Bertz CT molecular complexity index is 1190. The first-order valence-corrected chi connectivity index (χ1v) is 8.10. The van der Waals surface area contributed by atoms with E-state index in [0.717, 1.165) is 0 Å². The molecule has 29 heavy (non-hydrogen) atoms. The van der Waals surface area contributed by atoms with Gasteiger partial charge in [-0.05, 0) is 42.0 Å². The number of rotatable bonds is 4. The number of alkyl halides is 3. The van der Waals surface area contributed by atoms with Crippen molar-refractivity contribution >= 4 is 34.4 Å². The Hall–Kier alpha value is -3.93. The fraction of sp³-hybridized carbons (Fsp3) is 0.0500. The van der Waals surface area contributed by atoms with Gasteiger partial charge in [0.2, 0.25) is 5.78 Å². The van der Waals surface area contributed by atoms with Gasteiger partial charge in [0.15, 0.2) is 0 Å². The van der Waals surface area contributed by atoms with Crippen molar-refractivity contribution in [3.8, 4) is 6.07 Å². The predicted molar refractivity (Wildman–Crippen MR) is 97.3 cm³/mol. The number of nitrogens with zero attached hydrogens (tertiary/aromatic N) is 1. The van der Waals surface area contributed by atoms with Gasteiger partial charge in [0.05, 0.1) is 0 Å². The Morgan fingerprint density at radius 1 is 1.14 bits per heavy atom. The van der Waals surface area contributed by atoms with Gasteiger partial charge in [-0.2, -0.15) is 18.4 Å². The number of H-pyrrole nitrogens is 1. The third-order valence-electron chi connectivity index (χ3n) is 3.97. The number of amides is 1. The molecule has 3 rings (SSSR count). The van der Waals surface area contributed by atoms with Crippen LogP contribution in [0.1, 0.15) is 15.9 Å². The molecular weight excluding hydrogens is 390 g/mol. The zero-order valence-electron chi connectivity index (χ0n) is 14.5. The van der Waals surface area contributed by atoms with Gasteiger partial charge in [-0.15, -0.1) is 0 Å². The van der Waals surface area contributed by atoms with Crippen molar-refractivity contribution in [1.29, 1.82) is 5.26 Å². The van der Waals surface area contributed by atoms with E-state index in [9.17, 15) is 32.4 Å². The molecule has 3 aromatic rings. The number of Topliss-reactive ketones (excluding diaryl/α,β-unsaturated/α-hetero) is 1. The Kier molecular flexibility index (Phi) is 5.19. The fourth-order valence-electron chi connectivity index (χ4n) is 2.65. The van der Waals surface area contributed by atoms with Gasteiger partial charge >= 0.3 is 12.1 Å². The molecular formula is C20H11F4N3O2.